The lowest BCUT2D eigenvalue weighted by atomic mass is 9.87. The zero-order chi connectivity index (χ0) is 18.2. The molecule has 6 nitrogen and oxygen atoms in total. The van der Waals surface area contributed by atoms with Crippen LogP contribution in [0.15, 0.2) is 52.8 Å². The number of azo groups is 1. The number of nitrogens with zero attached hydrogens (tertiary/aromatic N) is 4. The molecule has 0 aliphatic heterocycles. The van der Waals surface area contributed by atoms with Crippen LogP contribution in [0.25, 0.3) is 5.65 Å². The van der Waals surface area contributed by atoms with Gasteiger partial charge < -0.3 is 5.11 Å². The Bertz CT molecular complexity index is 963. The minimum Gasteiger partial charge on any atom is -0.476 e. The van der Waals surface area contributed by atoms with Gasteiger partial charge in [-0.1, -0.05) is 32.9 Å². The molecule has 1 N–H and O–H groups in total. The number of carbonyl (C=O) groups is 1. The summed E-state index contributed by atoms with van der Waals surface area (Å²) < 4.78 is 1.63. The topological polar surface area (TPSA) is 79.3 Å². The molecule has 0 atom stereocenters. The highest BCUT2D eigenvalue weighted by atomic mass is 16.4. The first kappa shape index (κ1) is 16.8. The SMILES string of the molecule is Cc1ccn2c(N=Nc3ccc(C(C)(C)C)cc3)c(C(=O)O)nc2c1. The first-order valence-electron chi connectivity index (χ1n) is 8.00. The molecule has 0 bridgehead atoms. The maximum atomic E-state index is 11.5. The second-order valence-corrected chi connectivity index (χ2v) is 7.02. The molecule has 0 aliphatic rings. The standard InChI is InChI=1S/C19H20N4O2/c1-12-9-10-23-15(11-12)20-16(18(24)25)17(23)22-21-14-7-5-13(6-8-14)19(2,3)4/h5-11H,1-4H3,(H,24,25). The van der Waals surface area contributed by atoms with E-state index in [1.807, 2.05) is 43.3 Å². The van der Waals surface area contributed by atoms with Gasteiger partial charge in [-0.25, -0.2) is 9.78 Å². The number of benzene rings is 1. The molecule has 3 rings (SSSR count). The maximum Gasteiger partial charge on any atom is 0.358 e. The van der Waals surface area contributed by atoms with E-state index in [4.69, 9.17) is 0 Å². The Kier molecular flexibility index (Phi) is 4.12. The van der Waals surface area contributed by atoms with E-state index in [-0.39, 0.29) is 16.9 Å². The number of hydrogen-bond donors (Lipinski definition) is 1. The Morgan fingerprint density at radius 1 is 1.12 bits per heavy atom. The molecular formula is C19H20N4O2. The number of carboxylic acid groups (broad SMARTS) is 1. The van der Waals surface area contributed by atoms with Crippen LogP contribution in [-0.4, -0.2) is 20.5 Å². The number of imidazole rings is 1. The number of aromatic nitrogens is 2. The van der Waals surface area contributed by atoms with E-state index < -0.39 is 5.97 Å². The molecule has 3 aromatic rings. The van der Waals surface area contributed by atoms with Gasteiger partial charge in [-0.2, -0.15) is 0 Å². The maximum absolute atomic E-state index is 11.5. The molecule has 2 heterocycles. The van der Waals surface area contributed by atoms with Crippen LogP contribution in [-0.2, 0) is 5.41 Å². The highest BCUT2D eigenvalue weighted by molar-refractivity contribution is 5.91. The number of pyridine rings is 1. The summed E-state index contributed by atoms with van der Waals surface area (Å²) in [4.78, 5) is 15.6. The van der Waals surface area contributed by atoms with Gasteiger partial charge in [-0.3, -0.25) is 4.40 Å². The van der Waals surface area contributed by atoms with Crippen molar-refractivity contribution in [1.29, 1.82) is 0 Å². The van der Waals surface area contributed by atoms with Gasteiger partial charge in [0, 0.05) is 6.20 Å². The summed E-state index contributed by atoms with van der Waals surface area (Å²) in [6.07, 6.45) is 1.75. The molecule has 0 amide bonds. The van der Waals surface area contributed by atoms with E-state index in [9.17, 15) is 9.90 Å². The largest absolute Gasteiger partial charge is 0.476 e. The van der Waals surface area contributed by atoms with Crippen molar-refractivity contribution >= 4 is 23.1 Å². The number of aromatic carboxylic acids is 1. The van der Waals surface area contributed by atoms with E-state index in [0.29, 0.717) is 11.3 Å². The predicted molar refractivity (Wildman–Crippen MR) is 96.2 cm³/mol. The summed E-state index contributed by atoms with van der Waals surface area (Å²) in [6.45, 7) is 8.35. The molecule has 128 valence electrons. The molecule has 0 spiro atoms. The van der Waals surface area contributed by atoms with E-state index in [1.165, 1.54) is 5.56 Å². The molecule has 0 saturated carbocycles. The molecule has 0 unspecified atom stereocenters. The van der Waals surface area contributed by atoms with Gasteiger partial charge >= 0.3 is 5.97 Å². The number of rotatable bonds is 3. The van der Waals surface area contributed by atoms with Crippen molar-refractivity contribution in [2.75, 3.05) is 0 Å². The lowest BCUT2D eigenvalue weighted by molar-refractivity contribution is 0.0692. The molecule has 6 heteroatoms. The minimum atomic E-state index is -1.13. The van der Waals surface area contributed by atoms with Gasteiger partial charge in [-0.15, -0.1) is 10.2 Å². The van der Waals surface area contributed by atoms with Crippen LogP contribution >= 0.6 is 0 Å². The second kappa shape index (κ2) is 6.12. The van der Waals surface area contributed by atoms with Crippen LogP contribution in [0.2, 0.25) is 0 Å². The van der Waals surface area contributed by atoms with E-state index in [2.05, 4.69) is 36.0 Å². The lowest BCUT2D eigenvalue weighted by Crippen LogP contribution is -2.10. The highest BCUT2D eigenvalue weighted by Crippen LogP contribution is 2.27. The average molecular weight is 336 g/mol. The number of fused-ring (bicyclic) bond motifs is 1. The minimum absolute atomic E-state index is 0.0612. The average Bonchev–Trinajstić information content (AvgIpc) is 2.90. The Hall–Kier alpha value is -3.02. The van der Waals surface area contributed by atoms with Crippen molar-refractivity contribution in [3.63, 3.8) is 0 Å². The Balaban J connectivity index is 2.00. The summed E-state index contributed by atoms with van der Waals surface area (Å²) in [5.74, 6) is -0.916. The van der Waals surface area contributed by atoms with E-state index >= 15 is 0 Å². The van der Waals surface area contributed by atoms with Crippen molar-refractivity contribution in [3.05, 3.63) is 59.4 Å². The number of aryl methyl sites for hydroxylation is 1. The zero-order valence-electron chi connectivity index (χ0n) is 14.7. The van der Waals surface area contributed by atoms with E-state index in [0.717, 1.165) is 5.56 Å². The monoisotopic (exact) mass is 336 g/mol. The fourth-order valence-electron chi connectivity index (χ4n) is 2.51. The van der Waals surface area contributed by atoms with Crippen LogP contribution in [0, 0.1) is 6.92 Å². The van der Waals surface area contributed by atoms with Crippen molar-refractivity contribution in [2.45, 2.75) is 33.1 Å². The molecule has 0 radical (unpaired) electrons. The Labute approximate surface area is 145 Å². The van der Waals surface area contributed by atoms with Gasteiger partial charge in [0.05, 0.1) is 5.69 Å². The molecule has 0 saturated heterocycles. The first-order valence-corrected chi connectivity index (χ1v) is 8.00. The van der Waals surface area contributed by atoms with Gasteiger partial charge in [-0.05, 0) is 47.7 Å². The summed E-state index contributed by atoms with van der Waals surface area (Å²) in [7, 11) is 0. The first-order chi connectivity index (χ1) is 11.8. The zero-order valence-corrected chi connectivity index (χ0v) is 14.7. The summed E-state index contributed by atoms with van der Waals surface area (Å²) in [5.41, 5.74) is 3.34. The van der Waals surface area contributed by atoms with Gasteiger partial charge in [0.15, 0.2) is 11.5 Å². The fraction of sp³-hybridized carbons (Fsp3) is 0.263. The predicted octanol–water partition coefficient (Wildman–Crippen LogP) is 5.05. The fourth-order valence-corrected chi connectivity index (χ4v) is 2.51. The quantitative estimate of drug-likeness (QED) is 0.679. The van der Waals surface area contributed by atoms with Crippen LogP contribution in [0.3, 0.4) is 0 Å². The molecule has 1 aromatic carbocycles. The molecular weight excluding hydrogens is 316 g/mol. The third-order valence-electron chi connectivity index (χ3n) is 3.95. The lowest BCUT2D eigenvalue weighted by Gasteiger charge is -2.18. The molecule has 25 heavy (non-hydrogen) atoms. The molecule has 2 aromatic heterocycles. The Morgan fingerprint density at radius 3 is 2.40 bits per heavy atom. The normalized spacial score (nSPS) is 12.2. The molecule has 0 fully saturated rings. The smallest absolute Gasteiger partial charge is 0.358 e. The van der Waals surface area contributed by atoms with Crippen LogP contribution in [0.1, 0.15) is 42.4 Å². The van der Waals surface area contributed by atoms with Crippen molar-refractivity contribution < 1.29 is 9.90 Å². The van der Waals surface area contributed by atoms with Crippen LogP contribution in [0.5, 0.6) is 0 Å². The third kappa shape index (κ3) is 3.42. The Morgan fingerprint density at radius 2 is 1.80 bits per heavy atom. The van der Waals surface area contributed by atoms with Gasteiger partial charge in [0.1, 0.15) is 5.65 Å². The second-order valence-electron chi connectivity index (χ2n) is 7.02. The summed E-state index contributed by atoms with van der Waals surface area (Å²) >= 11 is 0. The summed E-state index contributed by atoms with van der Waals surface area (Å²) in [6, 6.07) is 11.4. The third-order valence-corrected chi connectivity index (χ3v) is 3.95. The summed E-state index contributed by atoms with van der Waals surface area (Å²) in [5, 5.41) is 17.7. The van der Waals surface area contributed by atoms with Gasteiger partial charge in [0.2, 0.25) is 0 Å². The molecule has 0 aliphatic carbocycles. The van der Waals surface area contributed by atoms with E-state index in [1.54, 1.807) is 10.6 Å². The van der Waals surface area contributed by atoms with Gasteiger partial charge in [0.25, 0.3) is 0 Å². The number of carboxylic acids is 1. The van der Waals surface area contributed by atoms with Crippen molar-refractivity contribution in [2.24, 2.45) is 10.2 Å². The number of hydrogen-bond acceptors (Lipinski definition) is 4. The van der Waals surface area contributed by atoms with Crippen LogP contribution in [0.4, 0.5) is 11.5 Å². The highest BCUT2D eigenvalue weighted by Gasteiger charge is 2.18. The van der Waals surface area contributed by atoms with Crippen molar-refractivity contribution in [1.82, 2.24) is 9.38 Å². The van der Waals surface area contributed by atoms with Crippen LogP contribution < -0.4 is 0 Å². The van der Waals surface area contributed by atoms with Crippen molar-refractivity contribution in [3.8, 4) is 0 Å².